The summed E-state index contributed by atoms with van der Waals surface area (Å²) in [5, 5.41) is 9.48. The molecular weight excluding hydrogens is 334 g/mol. The first-order valence-electron chi connectivity index (χ1n) is 7.95. The predicted molar refractivity (Wildman–Crippen MR) is 94.9 cm³/mol. The highest BCUT2D eigenvalue weighted by Gasteiger charge is 2.20. The standard InChI is InChI=1S/C20H17NO5/c1-23-16-6-4-3-5-15(16)19(22)14(12-21)9-13-10-17(24-2)20-18(11-13)25-7-8-26-20/h3-6,9-11H,7-8H2,1-2H3/b14-9+. The third-order valence-corrected chi connectivity index (χ3v) is 3.88. The molecule has 26 heavy (non-hydrogen) atoms. The van der Waals surface area contributed by atoms with Crippen molar-refractivity contribution in [1.82, 2.24) is 0 Å². The number of carbonyl (C=O) groups excluding carboxylic acids is 1. The largest absolute Gasteiger partial charge is 0.496 e. The number of fused-ring (bicyclic) bond motifs is 1. The maximum atomic E-state index is 12.7. The van der Waals surface area contributed by atoms with Gasteiger partial charge in [0.1, 0.15) is 30.6 Å². The van der Waals surface area contributed by atoms with Gasteiger partial charge in [0.2, 0.25) is 11.5 Å². The fourth-order valence-electron chi connectivity index (χ4n) is 2.67. The number of nitriles is 1. The van der Waals surface area contributed by atoms with E-state index in [4.69, 9.17) is 18.9 Å². The molecule has 3 rings (SSSR count). The quantitative estimate of drug-likeness (QED) is 0.467. The van der Waals surface area contributed by atoms with Gasteiger partial charge in [-0.05, 0) is 35.9 Å². The summed E-state index contributed by atoms with van der Waals surface area (Å²) in [7, 11) is 3.00. The first-order valence-corrected chi connectivity index (χ1v) is 7.95. The van der Waals surface area contributed by atoms with Crippen molar-refractivity contribution in [3.05, 3.63) is 53.1 Å². The number of para-hydroxylation sites is 1. The number of benzene rings is 2. The van der Waals surface area contributed by atoms with Crippen LogP contribution in [-0.2, 0) is 0 Å². The van der Waals surface area contributed by atoms with E-state index in [2.05, 4.69) is 0 Å². The van der Waals surface area contributed by atoms with E-state index in [0.29, 0.717) is 47.3 Å². The Morgan fingerprint density at radius 1 is 1.12 bits per heavy atom. The molecule has 0 atom stereocenters. The second-order valence-electron chi connectivity index (χ2n) is 5.45. The molecule has 0 fully saturated rings. The Hall–Kier alpha value is -3.46. The van der Waals surface area contributed by atoms with Crippen molar-refractivity contribution in [2.45, 2.75) is 0 Å². The summed E-state index contributed by atoms with van der Waals surface area (Å²) >= 11 is 0. The van der Waals surface area contributed by atoms with E-state index >= 15 is 0 Å². The molecule has 0 spiro atoms. The summed E-state index contributed by atoms with van der Waals surface area (Å²) in [5.41, 5.74) is 0.909. The fraction of sp³-hybridized carbons (Fsp3) is 0.200. The van der Waals surface area contributed by atoms with Crippen LogP contribution in [-0.4, -0.2) is 33.2 Å². The summed E-state index contributed by atoms with van der Waals surface area (Å²) in [5.74, 6) is 1.52. The molecule has 0 radical (unpaired) electrons. The number of allylic oxidation sites excluding steroid dienone is 1. The lowest BCUT2D eigenvalue weighted by molar-refractivity contribution is 0.103. The number of Topliss-reactive ketones (excluding diaryl/α,β-unsaturated/α-hetero) is 1. The monoisotopic (exact) mass is 351 g/mol. The van der Waals surface area contributed by atoms with Crippen LogP contribution < -0.4 is 18.9 Å². The normalized spacial score (nSPS) is 12.9. The van der Waals surface area contributed by atoms with Crippen molar-refractivity contribution in [2.75, 3.05) is 27.4 Å². The zero-order valence-corrected chi connectivity index (χ0v) is 14.4. The second-order valence-corrected chi connectivity index (χ2v) is 5.45. The summed E-state index contributed by atoms with van der Waals surface area (Å²) in [6.45, 7) is 0.864. The van der Waals surface area contributed by atoms with Gasteiger partial charge in [-0.2, -0.15) is 5.26 Å². The highest BCUT2D eigenvalue weighted by Crippen LogP contribution is 2.41. The predicted octanol–water partition coefficient (Wildman–Crippen LogP) is 3.26. The molecule has 0 amide bonds. The van der Waals surface area contributed by atoms with Gasteiger partial charge in [-0.15, -0.1) is 0 Å². The van der Waals surface area contributed by atoms with Crippen LogP contribution in [0.25, 0.3) is 6.08 Å². The molecule has 0 bridgehead atoms. The minimum absolute atomic E-state index is 0.0202. The number of nitrogens with zero attached hydrogens (tertiary/aromatic N) is 1. The van der Waals surface area contributed by atoms with Gasteiger partial charge in [0.05, 0.1) is 19.8 Å². The Bertz CT molecular complexity index is 894. The number of hydrogen-bond acceptors (Lipinski definition) is 6. The van der Waals surface area contributed by atoms with Gasteiger partial charge in [0.15, 0.2) is 11.5 Å². The van der Waals surface area contributed by atoms with E-state index in [-0.39, 0.29) is 5.57 Å². The zero-order valence-electron chi connectivity index (χ0n) is 14.4. The van der Waals surface area contributed by atoms with Gasteiger partial charge in [0.25, 0.3) is 0 Å². The van der Waals surface area contributed by atoms with E-state index in [1.807, 2.05) is 6.07 Å². The lowest BCUT2D eigenvalue weighted by Gasteiger charge is -2.21. The minimum Gasteiger partial charge on any atom is -0.496 e. The number of ether oxygens (including phenoxy) is 4. The Balaban J connectivity index is 2.02. The van der Waals surface area contributed by atoms with Crippen LogP contribution in [0.2, 0.25) is 0 Å². The van der Waals surface area contributed by atoms with Crippen LogP contribution >= 0.6 is 0 Å². The molecule has 0 saturated heterocycles. The Morgan fingerprint density at radius 2 is 1.85 bits per heavy atom. The molecule has 1 aliphatic heterocycles. The smallest absolute Gasteiger partial charge is 0.207 e. The van der Waals surface area contributed by atoms with Gasteiger partial charge in [-0.1, -0.05) is 12.1 Å². The van der Waals surface area contributed by atoms with Gasteiger partial charge in [0, 0.05) is 0 Å². The maximum absolute atomic E-state index is 12.7. The molecule has 1 aliphatic rings. The van der Waals surface area contributed by atoms with Gasteiger partial charge < -0.3 is 18.9 Å². The number of rotatable bonds is 5. The third-order valence-electron chi connectivity index (χ3n) is 3.88. The van der Waals surface area contributed by atoms with Gasteiger partial charge in [-0.3, -0.25) is 4.79 Å². The minimum atomic E-state index is -0.418. The van der Waals surface area contributed by atoms with Crippen LogP contribution in [0, 0.1) is 11.3 Å². The number of hydrogen-bond donors (Lipinski definition) is 0. The summed E-state index contributed by atoms with van der Waals surface area (Å²) in [6.07, 6.45) is 1.50. The highest BCUT2D eigenvalue weighted by atomic mass is 16.6. The Morgan fingerprint density at radius 3 is 2.58 bits per heavy atom. The first kappa shape index (κ1) is 17.4. The topological polar surface area (TPSA) is 77.8 Å². The number of methoxy groups -OCH3 is 2. The van der Waals surface area contributed by atoms with E-state index in [1.165, 1.54) is 20.3 Å². The average molecular weight is 351 g/mol. The molecule has 2 aromatic carbocycles. The van der Waals surface area contributed by atoms with E-state index in [0.717, 1.165) is 0 Å². The fourth-order valence-corrected chi connectivity index (χ4v) is 2.67. The number of ketones is 1. The molecule has 6 heteroatoms. The Labute approximate surface area is 151 Å². The zero-order chi connectivity index (χ0) is 18.5. The lowest BCUT2D eigenvalue weighted by atomic mass is 10.0. The highest BCUT2D eigenvalue weighted by molar-refractivity contribution is 6.15. The van der Waals surface area contributed by atoms with Crippen LogP contribution in [0.4, 0.5) is 0 Å². The third kappa shape index (κ3) is 3.33. The molecule has 0 aliphatic carbocycles. The molecule has 0 unspecified atom stereocenters. The molecule has 132 valence electrons. The SMILES string of the molecule is COc1ccccc1C(=O)/C(C#N)=C/c1cc(OC)c2c(c1)OCCO2. The molecular formula is C20H17NO5. The van der Waals surface area contributed by atoms with E-state index in [1.54, 1.807) is 36.4 Å². The molecule has 0 N–H and O–H groups in total. The lowest BCUT2D eigenvalue weighted by Crippen LogP contribution is -2.16. The van der Waals surface area contributed by atoms with Crippen LogP contribution in [0.15, 0.2) is 42.0 Å². The van der Waals surface area contributed by atoms with Crippen LogP contribution in [0.3, 0.4) is 0 Å². The molecule has 0 saturated carbocycles. The summed E-state index contributed by atoms with van der Waals surface area (Å²) < 4.78 is 21.7. The van der Waals surface area contributed by atoms with Crippen molar-refractivity contribution in [3.8, 4) is 29.1 Å². The van der Waals surface area contributed by atoms with Crippen molar-refractivity contribution in [1.29, 1.82) is 5.26 Å². The van der Waals surface area contributed by atoms with Gasteiger partial charge >= 0.3 is 0 Å². The summed E-state index contributed by atoms with van der Waals surface area (Å²) in [4.78, 5) is 12.7. The second kappa shape index (κ2) is 7.62. The van der Waals surface area contributed by atoms with Crippen molar-refractivity contribution in [3.63, 3.8) is 0 Å². The van der Waals surface area contributed by atoms with Crippen molar-refractivity contribution >= 4 is 11.9 Å². The van der Waals surface area contributed by atoms with Crippen LogP contribution in [0.1, 0.15) is 15.9 Å². The van der Waals surface area contributed by atoms with Crippen molar-refractivity contribution < 1.29 is 23.7 Å². The maximum Gasteiger partial charge on any atom is 0.207 e. The Kier molecular flexibility index (Phi) is 5.09. The molecule has 6 nitrogen and oxygen atoms in total. The first-order chi connectivity index (χ1) is 12.7. The van der Waals surface area contributed by atoms with Gasteiger partial charge in [-0.25, -0.2) is 0 Å². The van der Waals surface area contributed by atoms with Crippen LogP contribution in [0.5, 0.6) is 23.0 Å². The molecule has 1 heterocycles. The average Bonchev–Trinajstić information content (AvgIpc) is 2.70. The number of carbonyl (C=O) groups is 1. The summed E-state index contributed by atoms with van der Waals surface area (Å²) in [6, 6.07) is 12.1. The van der Waals surface area contributed by atoms with Crippen molar-refractivity contribution in [2.24, 2.45) is 0 Å². The molecule has 2 aromatic rings. The van der Waals surface area contributed by atoms with E-state index in [9.17, 15) is 10.1 Å². The van der Waals surface area contributed by atoms with E-state index < -0.39 is 5.78 Å². The molecule has 0 aromatic heterocycles.